The first-order chi connectivity index (χ1) is 3.81. The van der Waals surface area contributed by atoms with Crippen LogP contribution in [0.15, 0.2) is 48.9 Å². The molecule has 0 aromatic heterocycles. The predicted molar refractivity (Wildman–Crippen MR) is 36.6 cm³/mol. The van der Waals surface area contributed by atoms with Crippen molar-refractivity contribution in [2.45, 2.75) is 0 Å². The molecule has 40 valence electrons. The van der Waals surface area contributed by atoms with Gasteiger partial charge in [-0.25, -0.2) is 0 Å². The van der Waals surface area contributed by atoms with E-state index in [-0.39, 0.29) is 0 Å². The van der Waals surface area contributed by atoms with E-state index >= 15 is 0 Å². The SMILES string of the molecule is C=C=CC(=C)C=C=C. The maximum absolute atomic E-state index is 3.62. The zero-order valence-electron chi connectivity index (χ0n) is 4.78. The third-order valence-corrected chi connectivity index (χ3v) is 0.575. The van der Waals surface area contributed by atoms with Gasteiger partial charge in [0.1, 0.15) is 0 Å². The van der Waals surface area contributed by atoms with Crippen molar-refractivity contribution >= 4 is 0 Å². The van der Waals surface area contributed by atoms with Gasteiger partial charge in [-0.2, -0.15) is 0 Å². The van der Waals surface area contributed by atoms with Gasteiger partial charge >= 0.3 is 0 Å². The van der Waals surface area contributed by atoms with Crippen LogP contribution in [0.4, 0.5) is 0 Å². The molecule has 0 aromatic carbocycles. The van der Waals surface area contributed by atoms with Gasteiger partial charge in [-0.15, -0.1) is 11.5 Å². The second kappa shape index (κ2) is 3.95. The molecule has 0 spiro atoms. The van der Waals surface area contributed by atoms with E-state index in [2.05, 4.69) is 31.2 Å². The fourth-order valence-electron chi connectivity index (χ4n) is 0.304. The minimum absolute atomic E-state index is 0.815. The van der Waals surface area contributed by atoms with Gasteiger partial charge in [0.05, 0.1) is 0 Å². The average molecular weight is 104 g/mol. The highest BCUT2D eigenvalue weighted by Gasteiger charge is 1.70. The van der Waals surface area contributed by atoms with Crippen molar-refractivity contribution in [3.8, 4) is 0 Å². The zero-order valence-corrected chi connectivity index (χ0v) is 4.78. The molecular formula is C8H8. The lowest BCUT2D eigenvalue weighted by molar-refractivity contribution is 1.78. The molecule has 0 radical (unpaired) electrons. The second-order valence-electron chi connectivity index (χ2n) is 1.27. The number of allylic oxidation sites excluding steroid dienone is 3. The molecule has 0 unspecified atom stereocenters. The summed E-state index contributed by atoms with van der Waals surface area (Å²) in [5.74, 6) is 0. The molecule has 0 saturated carbocycles. The molecule has 8 heavy (non-hydrogen) atoms. The molecule has 0 atom stereocenters. The molecule has 0 amide bonds. The molecule has 0 aliphatic heterocycles. The van der Waals surface area contributed by atoms with Gasteiger partial charge in [0.2, 0.25) is 0 Å². The van der Waals surface area contributed by atoms with Crippen LogP contribution in [0.2, 0.25) is 0 Å². The first-order valence-corrected chi connectivity index (χ1v) is 2.22. The molecule has 0 aliphatic rings. The van der Waals surface area contributed by atoms with Gasteiger partial charge in [-0.05, 0) is 17.7 Å². The van der Waals surface area contributed by atoms with Gasteiger partial charge in [-0.3, -0.25) is 0 Å². The van der Waals surface area contributed by atoms with E-state index in [4.69, 9.17) is 0 Å². The van der Waals surface area contributed by atoms with Crippen LogP contribution in [0.1, 0.15) is 0 Å². The van der Waals surface area contributed by atoms with E-state index in [9.17, 15) is 0 Å². The van der Waals surface area contributed by atoms with Crippen LogP contribution in [0.5, 0.6) is 0 Å². The second-order valence-corrected chi connectivity index (χ2v) is 1.27. The quantitative estimate of drug-likeness (QED) is 0.372. The molecule has 0 nitrogen and oxygen atoms in total. The standard InChI is InChI=1S/C8H8/c1-4-6-8(3)7-5-2/h6-7H,1-3H2. The molecular weight excluding hydrogens is 96.1 g/mol. The Bertz CT molecular complexity index is 152. The summed E-state index contributed by atoms with van der Waals surface area (Å²) < 4.78 is 0. The predicted octanol–water partition coefficient (Wildman–Crippen LogP) is 2.22. The fraction of sp³-hybridized carbons (Fsp3) is 0. The minimum atomic E-state index is 0.815. The highest BCUT2D eigenvalue weighted by molar-refractivity contribution is 5.25. The summed E-state index contributed by atoms with van der Waals surface area (Å²) in [5, 5.41) is 0. The third kappa shape index (κ3) is 2.99. The lowest BCUT2D eigenvalue weighted by Crippen LogP contribution is -1.58. The van der Waals surface area contributed by atoms with Crippen molar-refractivity contribution in [2.24, 2.45) is 0 Å². The Morgan fingerprint density at radius 1 is 1.12 bits per heavy atom. The normalized spacial score (nSPS) is 6.00. The van der Waals surface area contributed by atoms with E-state index in [0.29, 0.717) is 0 Å². The van der Waals surface area contributed by atoms with Crippen molar-refractivity contribution in [1.29, 1.82) is 0 Å². The minimum Gasteiger partial charge on any atom is -0.128 e. The topological polar surface area (TPSA) is 0 Å². The van der Waals surface area contributed by atoms with Crippen molar-refractivity contribution in [2.75, 3.05) is 0 Å². The third-order valence-electron chi connectivity index (χ3n) is 0.575. The molecule has 0 heteroatoms. The fourth-order valence-corrected chi connectivity index (χ4v) is 0.304. The molecule has 0 heterocycles. The molecule has 0 bridgehead atoms. The lowest BCUT2D eigenvalue weighted by atomic mass is 10.3. The Morgan fingerprint density at radius 2 is 1.50 bits per heavy atom. The van der Waals surface area contributed by atoms with Crippen molar-refractivity contribution in [3.63, 3.8) is 0 Å². The van der Waals surface area contributed by atoms with Crippen LogP contribution in [0, 0.1) is 0 Å². The smallest absolute Gasteiger partial charge is 0.0133 e. The van der Waals surface area contributed by atoms with Gasteiger partial charge in [0, 0.05) is 0 Å². The zero-order chi connectivity index (χ0) is 6.41. The molecule has 0 aliphatic carbocycles. The summed E-state index contributed by atoms with van der Waals surface area (Å²) in [5.41, 5.74) is 5.97. The highest BCUT2D eigenvalue weighted by Crippen LogP contribution is 1.89. The van der Waals surface area contributed by atoms with Crippen LogP contribution in [0.3, 0.4) is 0 Å². The van der Waals surface area contributed by atoms with Crippen LogP contribution < -0.4 is 0 Å². The Balaban J connectivity index is 4.04. The Hall–Kier alpha value is -1.22. The summed E-state index contributed by atoms with van der Waals surface area (Å²) in [6.45, 7) is 10.4. The summed E-state index contributed by atoms with van der Waals surface area (Å²) in [6, 6.07) is 0. The van der Waals surface area contributed by atoms with Crippen LogP contribution in [-0.4, -0.2) is 0 Å². The maximum atomic E-state index is 3.62. The number of hydrogen-bond donors (Lipinski definition) is 0. The summed E-state index contributed by atoms with van der Waals surface area (Å²) in [4.78, 5) is 0. The van der Waals surface area contributed by atoms with Crippen LogP contribution in [0.25, 0.3) is 0 Å². The maximum Gasteiger partial charge on any atom is -0.0133 e. The van der Waals surface area contributed by atoms with Crippen molar-refractivity contribution < 1.29 is 0 Å². The first kappa shape index (κ1) is 6.78. The highest BCUT2D eigenvalue weighted by atomic mass is 13.7. The van der Waals surface area contributed by atoms with Crippen molar-refractivity contribution in [1.82, 2.24) is 0 Å². The first-order valence-electron chi connectivity index (χ1n) is 2.22. The number of hydrogen-bond acceptors (Lipinski definition) is 0. The van der Waals surface area contributed by atoms with Crippen molar-refractivity contribution in [3.05, 3.63) is 48.9 Å². The average Bonchev–Trinajstić information content (AvgIpc) is 1.68. The Kier molecular flexibility index (Phi) is 3.35. The summed E-state index contributed by atoms with van der Waals surface area (Å²) >= 11 is 0. The van der Waals surface area contributed by atoms with Gasteiger partial charge in [0.25, 0.3) is 0 Å². The number of rotatable bonds is 2. The molecule has 0 fully saturated rings. The van der Waals surface area contributed by atoms with Gasteiger partial charge in [-0.1, -0.05) is 19.7 Å². The van der Waals surface area contributed by atoms with E-state index in [1.54, 1.807) is 12.2 Å². The van der Waals surface area contributed by atoms with E-state index in [1.807, 2.05) is 0 Å². The largest absolute Gasteiger partial charge is 0.128 e. The van der Waals surface area contributed by atoms with Gasteiger partial charge < -0.3 is 0 Å². The summed E-state index contributed by atoms with van der Waals surface area (Å²) in [7, 11) is 0. The molecule has 0 saturated heterocycles. The Morgan fingerprint density at radius 3 is 1.75 bits per heavy atom. The van der Waals surface area contributed by atoms with Gasteiger partial charge in [0.15, 0.2) is 0 Å². The Labute approximate surface area is 49.8 Å². The van der Waals surface area contributed by atoms with E-state index < -0.39 is 0 Å². The molecule has 0 N–H and O–H groups in total. The van der Waals surface area contributed by atoms with Crippen LogP contribution in [-0.2, 0) is 0 Å². The summed E-state index contributed by atoms with van der Waals surface area (Å²) in [6.07, 6.45) is 3.33. The van der Waals surface area contributed by atoms with E-state index in [1.165, 1.54) is 0 Å². The van der Waals surface area contributed by atoms with E-state index in [0.717, 1.165) is 5.57 Å². The molecule has 0 aromatic rings. The lowest BCUT2D eigenvalue weighted by Gasteiger charge is -1.76. The van der Waals surface area contributed by atoms with Crippen LogP contribution >= 0.6 is 0 Å². The molecule has 0 rings (SSSR count). The monoisotopic (exact) mass is 104 g/mol.